The fraction of sp³-hybridized carbons (Fsp3) is 0.500. The maximum atomic E-state index is 12.1. The van der Waals surface area contributed by atoms with Crippen LogP contribution in [0.15, 0.2) is 30.9 Å². The highest BCUT2D eigenvalue weighted by Crippen LogP contribution is 2.15. The monoisotopic (exact) mass is 314 g/mol. The number of hydrogen-bond donors (Lipinski definition) is 2. The molecule has 0 spiro atoms. The molecule has 3 heterocycles. The molecule has 1 fully saturated rings. The third kappa shape index (κ3) is 4.51. The minimum atomic E-state index is 0.120. The normalized spacial score (nSPS) is 17.9. The highest BCUT2D eigenvalue weighted by atomic mass is 16.1. The average Bonchev–Trinajstić information content (AvgIpc) is 3.09. The molecule has 23 heavy (non-hydrogen) atoms. The molecule has 3 rings (SSSR count). The van der Waals surface area contributed by atoms with Crippen LogP contribution in [0.1, 0.15) is 31.2 Å². The Morgan fingerprint density at radius 2 is 2.26 bits per heavy atom. The largest absolute Gasteiger partial charge is 0.352 e. The van der Waals surface area contributed by atoms with Gasteiger partial charge in [-0.3, -0.25) is 9.89 Å². The number of carbonyl (C=O) groups is 1. The first-order valence-electron chi connectivity index (χ1n) is 8.10. The Hall–Kier alpha value is -2.44. The van der Waals surface area contributed by atoms with Gasteiger partial charge in [-0.2, -0.15) is 5.10 Å². The number of carbonyl (C=O) groups excluding carboxylic acids is 1. The zero-order chi connectivity index (χ0) is 15.9. The zero-order valence-corrected chi connectivity index (χ0v) is 13.1. The lowest BCUT2D eigenvalue weighted by Crippen LogP contribution is -2.48. The number of nitrogens with zero attached hydrogens (tertiary/aromatic N) is 4. The molecule has 0 saturated carbocycles. The van der Waals surface area contributed by atoms with Crippen molar-refractivity contribution in [3.63, 3.8) is 0 Å². The number of piperidine rings is 1. The maximum absolute atomic E-state index is 12.1. The molecule has 1 amide bonds. The van der Waals surface area contributed by atoms with E-state index < -0.39 is 0 Å². The van der Waals surface area contributed by atoms with Crippen molar-refractivity contribution >= 4 is 11.9 Å². The van der Waals surface area contributed by atoms with E-state index in [1.807, 2.05) is 12.3 Å². The standard InChI is InChI=1S/C16H22N6O/c23-15(6-1-4-13-10-19-20-11-13)21-14-5-2-9-22(12-14)16-17-7-3-8-18-16/h3,7-8,10-11,14H,1-2,4-6,9,12H2,(H,19,20)(H,21,23). The highest BCUT2D eigenvalue weighted by molar-refractivity contribution is 5.76. The second-order valence-corrected chi connectivity index (χ2v) is 5.86. The Morgan fingerprint density at radius 1 is 1.39 bits per heavy atom. The van der Waals surface area contributed by atoms with E-state index in [1.54, 1.807) is 18.6 Å². The molecular formula is C16H22N6O. The molecule has 0 aromatic carbocycles. The molecular weight excluding hydrogens is 292 g/mol. The number of amides is 1. The zero-order valence-electron chi connectivity index (χ0n) is 13.1. The van der Waals surface area contributed by atoms with Gasteiger partial charge < -0.3 is 10.2 Å². The van der Waals surface area contributed by atoms with Crippen LogP contribution in [0.25, 0.3) is 0 Å². The van der Waals surface area contributed by atoms with E-state index in [0.717, 1.165) is 50.3 Å². The summed E-state index contributed by atoms with van der Waals surface area (Å²) in [6.07, 6.45) is 11.5. The summed E-state index contributed by atoms with van der Waals surface area (Å²) in [5.41, 5.74) is 1.14. The molecule has 2 N–H and O–H groups in total. The van der Waals surface area contributed by atoms with Gasteiger partial charge in [0.15, 0.2) is 0 Å². The SMILES string of the molecule is O=C(CCCc1cn[nH]c1)NC1CCCN(c2ncccn2)C1. The molecule has 1 atom stereocenters. The molecule has 2 aromatic heterocycles. The number of H-pyrrole nitrogens is 1. The Kier molecular flexibility index (Phi) is 5.18. The Balaban J connectivity index is 1.43. The number of aromatic nitrogens is 4. The number of anilines is 1. The molecule has 2 aromatic rings. The second-order valence-electron chi connectivity index (χ2n) is 5.86. The molecule has 1 aliphatic rings. The summed E-state index contributed by atoms with van der Waals surface area (Å²) in [5.74, 6) is 0.862. The average molecular weight is 314 g/mol. The first-order valence-corrected chi connectivity index (χ1v) is 8.10. The quantitative estimate of drug-likeness (QED) is 0.839. The van der Waals surface area contributed by atoms with Crippen molar-refractivity contribution in [2.75, 3.05) is 18.0 Å². The lowest BCUT2D eigenvalue weighted by molar-refractivity contribution is -0.121. The maximum Gasteiger partial charge on any atom is 0.225 e. The lowest BCUT2D eigenvalue weighted by Gasteiger charge is -2.33. The van der Waals surface area contributed by atoms with E-state index >= 15 is 0 Å². The number of hydrogen-bond acceptors (Lipinski definition) is 5. The van der Waals surface area contributed by atoms with Crippen LogP contribution < -0.4 is 10.2 Å². The summed E-state index contributed by atoms with van der Waals surface area (Å²) in [4.78, 5) is 22.8. The van der Waals surface area contributed by atoms with E-state index in [9.17, 15) is 4.79 Å². The van der Waals surface area contributed by atoms with E-state index in [4.69, 9.17) is 0 Å². The van der Waals surface area contributed by atoms with E-state index in [0.29, 0.717) is 6.42 Å². The third-order valence-electron chi connectivity index (χ3n) is 4.05. The number of aryl methyl sites for hydroxylation is 1. The smallest absolute Gasteiger partial charge is 0.225 e. The molecule has 1 aliphatic heterocycles. The van der Waals surface area contributed by atoms with Gasteiger partial charge in [-0.05, 0) is 37.3 Å². The Morgan fingerprint density at radius 3 is 3.04 bits per heavy atom. The molecule has 1 unspecified atom stereocenters. The van der Waals surface area contributed by atoms with Crippen molar-refractivity contribution in [2.45, 2.75) is 38.1 Å². The van der Waals surface area contributed by atoms with Crippen LogP contribution in [0.4, 0.5) is 5.95 Å². The molecule has 1 saturated heterocycles. The summed E-state index contributed by atoms with van der Waals surface area (Å²) in [7, 11) is 0. The van der Waals surface area contributed by atoms with Crippen molar-refractivity contribution in [3.05, 3.63) is 36.4 Å². The Bertz CT molecular complexity index is 600. The molecule has 7 nitrogen and oxygen atoms in total. The predicted octanol–water partition coefficient (Wildman–Crippen LogP) is 1.31. The Labute approximate surface area is 135 Å². The fourth-order valence-corrected chi connectivity index (χ4v) is 2.90. The van der Waals surface area contributed by atoms with Gasteiger partial charge in [-0.1, -0.05) is 0 Å². The third-order valence-corrected chi connectivity index (χ3v) is 4.05. The fourth-order valence-electron chi connectivity index (χ4n) is 2.90. The second kappa shape index (κ2) is 7.71. The summed E-state index contributed by atoms with van der Waals surface area (Å²) >= 11 is 0. The van der Waals surface area contributed by atoms with Crippen LogP contribution in [0.5, 0.6) is 0 Å². The van der Waals surface area contributed by atoms with Gasteiger partial charge in [0.05, 0.1) is 6.20 Å². The van der Waals surface area contributed by atoms with Crippen molar-refractivity contribution < 1.29 is 4.79 Å². The van der Waals surface area contributed by atoms with Crippen molar-refractivity contribution in [1.82, 2.24) is 25.5 Å². The first-order chi connectivity index (χ1) is 11.3. The van der Waals surface area contributed by atoms with Crippen molar-refractivity contribution in [2.24, 2.45) is 0 Å². The summed E-state index contributed by atoms with van der Waals surface area (Å²) in [6, 6.07) is 1.99. The molecule has 0 bridgehead atoms. The van der Waals surface area contributed by atoms with E-state index in [-0.39, 0.29) is 11.9 Å². The molecule has 0 aliphatic carbocycles. The molecule has 122 valence electrons. The van der Waals surface area contributed by atoms with Gasteiger partial charge in [0.1, 0.15) is 0 Å². The van der Waals surface area contributed by atoms with E-state index in [1.165, 1.54) is 0 Å². The van der Waals surface area contributed by atoms with Gasteiger partial charge in [0.2, 0.25) is 11.9 Å². The van der Waals surface area contributed by atoms with Crippen LogP contribution in [-0.4, -0.2) is 45.2 Å². The topological polar surface area (TPSA) is 86.8 Å². The number of aromatic amines is 1. The van der Waals surface area contributed by atoms with Crippen LogP contribution in [0, 0.1) is 0 Å². The number of nitrogens with one attached hydrogen (secondary N) is 2. The van der Waals surface area contributed by atoms with Gasteiger partial charge >= 0.3 is 0 Å². The number of rotatable bonds is 6. The lowest BCUT2D eigenvalue weighted by atomic mass is 10.1. The van der Waals surface area contributed by atoms with Crippen LogP contribution in [0.2, 0.25) is 0 Å². The first kappa shape index (κ1) is 15.5. The van der Waals surface area contributed by atoms with Crippen molar-refractivity contribution in [3.8, 4) is 0 Å². The molecule has 0 radical (unpaired) electrons. The van der Waals surface area contributed by atoms with Crippen LogP contribution >= 0.6 is 0 Å². The predicted molar refractivity (Wildman–Crippen MR) is 86.9 cm³/mol. The van der Waals surface area contributed by atoms with Gasteiger partial charge in [-0.15, -0.1) is 0 Å². The van der Waals surface area contributed by atoms with Crippen LogP contribution in [0.3, 0.4) is 0 Å². The summed E-state index contributed by atoms with van der Waals surface area (Å²) in [6.45, 7) is 1.72. The van der Waals surface area contributed by atoms with Gasteiger partial charge in [0.25, 0.3) is 0 Å². The minimum absolute atomic E-state index is 0.120. The molecule has 7 heteroatoms. The van der Waals surface area contributed by atoms with E-state index in [2.05, 4.69) is 30.4 Å². The van der Waals surface area contributed by atoms with Crippen LogP contribution in [-0.2, 0) is 11.2 Å². The minimum Gasteiger partial charge on any atom is -0.352 e. The van der Waals surface area contributed by atoms with Gasteiger partial charge in [0, 0.05) is 44.1 Å². The van der Waals surface area contributed by atoms with Gasteiger partial charge in [-0.25, -0.2) is 9.97 Å². The van der Waals surface area contributed by atoms with Crippen molar-refractivity contribution in [1.29, 1.82) is 0 Å². The highest BCUT2D eigenvalue weighted by Gasteiger charge is 2.22. The summed E-state index contributed by atoms with van der Waals surface area (Å²) < 4.78 is 0. The summed E-state index contributed by atoms with van der Waals surface area (Å²) in [5, 5.41) is 9.83.